The van der Waals surface area contributed by atoms with Crippen molar-refractivity contribution in [3.63, 3.8) is 0 Å². The molecule has 0 spiro atoms. The highest BCUT2D eigenvalue weighted by Gasteiger charge is 2.30. The van der Waals surface area contributed by atoms with E-state index in [0.717, 1.165) is 12.8 Å². The zero-order valence-electron chi connectivity index (χ0n) is 8.53. The van der Waals surface area contributed by atoms with Crippen LogP contribution in [-0.2, 0) is 14.3 Å². The molecule has 0 aromatic rings. The van der Waals surface area contributed by atoms with Gasteiger partial charge < -0.3 is 4.74 Å². The first-order valence-corrected chi connectivity index (χ1v) is 4.74. The van der Waals surface area contributed by atoms with Crippen molar-refractivity contribution >= 4 is 11.8 Å². The fourth-order valence-corrected chi connectivity index (χ4v) is 1.58. The Balaban J connectivity index is 2.67. The molecule has 4 heteroatoms. The van der Waals surface area contributed by atoms with Crippen molar-refractivity contribution in [3.05, 3.63) is 12.2 Å². The van der Waals surface area contributed by atoms with E-state index in [9.17, 15) is 9.59 Å². The summed E-state index contributed by atoms with van der Waals surface area (Å²) >= 11 is 0. The Morgan fingerprint density at radius 1 is 1.36 bits per heavy atom. The lowest BCUT2D eigenvalue weighted by Crippen LogP contribution is -2.42. The van der Waals surface area contributed by atoms with Crippen LogP contribution in [-0.4, -0.2) is 36.5 Å². The number of ether oxygens (including phenoxy) is 1. The van der Waals surface area contributed by atoms with Gasteiger partial charge >= 0.3 is 0 Å². The quantitative estimate of drug-likeness (QED) is 0.610. The maximum atomic E-state index is 11.3. The van der Waals surface area contributed by atoms with Crippen LogP contribution in [0.15, 0.2) is 12.2 Å². The summed E-state index contributed by atoms with van der Waals surface area (Å²) in [5, 5.41) is 0. The van der Waals surface area contributed by atoms with Crippen LogP contribution in [0, 0.1) is 0 Å². The first kappa shape index (κ1) is 10.9. The molecule has 0 bridgehead atoms. The van der Waals surface area contributed by atoms with Gasteiger partial charge in [0, 0.05) is 19.3 Å². The van der Waals surface area contributed by atoms with Gasteiger partial charge in [0.2, 0.25) is 0 Å². The van der Waals surface area contributed by atoms with E-state index in [1.807, 2.05) is 6.92 Å². The number of imide groups is 1. The molecule has 0 aromatic carbocycles. The molecule has 0 saturated carbocycles. The highest BCUT2D eigenvalue weighted by atomic mass is 16.5. The summed E-state index contributed by atoms with van der Waals surface area (Å²) < 4.78 is 4.99. The molecule has 1 unspecified atom stereocenters. The molecule has 0 aromatic heterocycles. The summed E-state index contributed by atoms with van der Waals surface area (Å²) in [6, 6.07) is -0.125. The number of amides is 2. The van der Waals surface area contributed by atoms with Gasteiger partial charge in [0.05, 0.1) is 12.6 Å². The van der Waals surface area contributed by atoms with Crippen LogP contribution < -0.4 is 0 Å². The predicted octanol–water partition coefficient (Wildman–Crippen LogP) is 0.726. The first-order chi connectivity index (χ1) is 6.70. The van der Waals surface area contributed by atoms with Gasteiger partial charge in [-0.25, -0.2) is 0 Å². The van der Waals surface area contributed by atoms with Gasteiger partial charge in [-0.05, 0) is 6.42 Å². The third kappa shape index (κ3) is 2.20. The van der Waals surface area contributed by atoms with E-state index in [0.29, 0.717) is 6.61 Å². The minimum Gasteiger partial charge on any atom is -0.383 e. The van der Waals surface area contributed by atoms with E-state index in [1.165, 1.54) is 17.1 Å². The lowest BCUT2D eigenvalue weighted by atomic mass is 10.1. The maximum Gasteiger partial charge on any atom is 0.253 e. The van der Waals surface area contributed by atoms with Crippen LogP contribution in [0.4, 0.5) is 0 Å². The molecule has 78 valence electrons. The average molecular weight is 197 g/mol. The fraction of sp³-hybridized carbons (Fsp3) is 0.600. The van der Waals surface area contributed by atoms with E-state index < -0.39 is 0 Å². The molecular weight excluding hydrogens is 182 g/mol. The molecule has 1 aliphatic heterocycles. The number of methoxy groups -OCH3 is 1. The van der Waals surface area contributed by atoms with Crippen molar-refractivity contribution in [2.24, 2.45) is 0 Å². The average Bonchev–Trinajstić information content (AvgIpc) is 2.46. The Morgan fingerprint density at radius 3 is 2.36 bits per heavy atom. The number of nitrogens with zero attached hydrogens (tertiary/aromatic N) is 1. The lowest BCUT2D eigenvalue weighted by Gasteiger charge is -2.24. The zero-order valence-corrected chi connectivity index (χ0v) is 8.53. The molecular formula is C10H15NO3. The van der Waals surface area contributed by atoms with Crippen LogP contribution in [0.1, 0.15) is 19.8 Å². The number of hydrogen-bond donors (Lipinski definition) is 0. The highest BCUT2D eigenvalue weighted by Crippen LogP contribution is 2.13. The minimum absolute atomic E-state index is 0.125. The van der Waals surface area contributed by atoms with Crippen molar-refractivity contribution in [1.29, 1.82) is 0 Å². The molecule has 1 aliphatic rings. The van der Waals surface area contributed by atoms with Gasteiger partial charge in [-0.3, -0.25) is 14.5 Å². The minimum atomic E-state index is -0.231. The molecule has 0 fully saturated rings. The van der Waals surface area contributed by atoms with E-state index in [2.05, 4.69) is 0 Å². The Bertz CT molecular complexity index is 236. The number of hydrogen-bond acceptors (Lipinski definition) is 3. The van der Waals surface area contributed by atoms with Gasteiger partial charge in [-0.1, -0.05) is 13.3 Å². The second-order valence-corrected chi connectivity index (χ2v) is 3.28. The summed E-state index contributed by atoms with van der Waals surface area (Å²) in [6.07, 6.45) is 4.32. The molecule has 2 amide bonds. The third-order valence-electron chi connectivity index (χ3n) is 2.19. The standard InChI is InChI=1S/C10H15NO3/c1-3-4-8(7-14-2)11-9(12)5-6-10(11)13/h5-6,8H,3-4,7H2,1-2H3. The fourth-order valence-electron chi connectivity index (χ4n) is 1.58. The Morgan fingerprint density at radius 2 is 1.93 bits per heavy atom. The third-order valence-corrected chi connectivity index (χ3v) is 2.19. The van der Waals surface area contributed by atoms with E-state index >= 15 is 0 Å². The highest BCUT2D eigenvalue weighted by molar-refractivity contribution is 6.13. The second-order valence-electron chi connectivity index (χ2n) is 3.28. The van der Waals surface area contributed by atoms with Gasteiger partial charge in [0.1, 0.15) is 0 Å². The normalized spacial score (nSPS) is 18.0. The molecule has 14 heavy (non-hydrogen) atoms. The van der Waals surface area contributed by atoms with Gasteiger partial charge in [-0.15, -0.1) is 0 Å². The predicted molar refractivity (Wildman–Crippen MR) is 51.6 cm³/mol. The molecule has 0 radical (unpaired) electrons. The number of carbonyl (C=O) groups is 2. The summed E-state index contributed by atoms with van der Waals surface area (Å²) in [4.78, 5) is 23.9. The van der Waals surface area contributed by atoms with Crippen molar-refractivity contribution in [2.45, 2.75) is 25.8 Å². The van der Waals surface area contributed by atoms with Crippen LogP contribution in [0.2, 0.25) is 0 Å². The topological polar surface area (TPSA) is 46.6 Å². The molecule has 4 nitrogen and oxygen atoms in total. The monoisotopic (exact) mass is 197 g/mol. The molecule has 0 aliphatic carbocycles. The van der Waals surface area contributed by atoms with Crippen molar-refractivity contribution in [2.75, 3.05) is 13.7 Å². The lowest BCUT2D eigenvalue weighted by molar-refractivity contribution is -0.140. The largest absolute Gasteiger partial charge is 0.383 e. The van der Waals surface area contributed by atoms with Crippen LogP contribution >= 0.6 is 0 Å². The first-order valence-electron chi connectivity index (χ1n) is 4.74. The summed E-state index contributed by atoms with van der Waals surface area (Å²) in [7, 11) is 1.57. The van der Waals surface area contributed by atoms with E-state index in [-0.39, 0.29) is 17.9 Å². The second kappa shape index (κ2) is 4.91. The van der Waals surface area contributed by atoms with Gasteiger partial charge in [0.25, 0.3) is 11.8 Å². The van der Waals surface area contributed by atoms with Gasteiger partial charge in [0.15, 0.2) is 0 Å². The maximum absolute atomic E-state index is 11.3. The number of carbonyl (C=O) groups excluding carboxylic acids is 2. The zero-order chi connectivity index (χ0) is 10.6. The van der Waals surface area contributed by atoms with Gasteiger partial charge in [-0.2, -0.15) is 0 Å². The van der Waals surface area contributed by atoms with Crippen molar-refractivity contribution < 1.29 is 14.3 Å². The van der Waals surface area contributed by atoms with Crippen LogP contribution in [0.25, 0.3) is 0 Å². The Hall–Kier alpha value is -1.16. The summed E-state index contributed by atoms with van der Waals surface area (Å²) in [5.74, 6) is -0.462. The molecule has 0 N–H and O–H groups in total. The molecule has 0 saturated heterocycles. The Labute approximate surface area is 83.5 Å². The van der Waals surface area contributed by atoms with Crippen LogP contribution in [0.3, 0.4) is 0 Å². The summed E-state index contributed by atoms with van der Waals surface area (Å²) in [6.45, 7) is 2.42. The van der Waals surface area contributed by atoms with Crippen molar-refractivity contribution in [3.8, 4) is 0 Å². The molecule has 1 atom stereocenters. The number of rotatable bonds is 5. The van der Waals surface area contributed by atoms with Crippen molar-refractivity contribution in [1.82, 2.24) is 4.90 Å². The van der Waals surface area contributed by atoms with E-state index in [1.54, 1.807) is 7.11 Å². The summed E-state index contributed by atoms with van der Waals surface area (Å²) in [5.41, 5.74) is 0. The molecule has 1 rings (SSSR count). The van der Waals surface area contributed by atoms with E-state index in [4.69, 9.17) is 4.74 Å². The Kier molecular flexibility index (Phi) is 3.83. The van der Waals surface area contributed by atoms with Crippen LogP contribution in [0.5, 0.6) is 0 Å². The smallest absolute Gasteiger partial charge is 0.253 e. The molecule has 1 heterocycles. The SMILES string of the molecule is CCCC(COC)N1C(=O)C=CC1=O.